The lowest BCUT2D eigenvalue weighted by Crippen LogP contribution is -2.65. The molecule has 0 aliphatic carbocycles. The summed E-state index contributed by atoms with van der Waals surface area (Å²) in [5.41, 5.74) is 0.525. The molecule has 1 aromatic rings. The number of ether oxygens (including phenoxy) is 1. The zero-order valence-corrected chi connectivity index (χ0v) is 16.1. The molecule has 0 radical (unpaired) electrons. The number of aliphatic hydroxyl groups excluding tert-OH is 1. The van der Waals surface area contributed by atoms with E-state index in [0.29, 0.717) is 19.8 Å². The van der Waals surface area contributed by atoms with Crippen molar-refractivity contribution in [3.63, 3.8) is 0 Å². The molecule has 3 N–H and O–H groups in total. The first-order chi connectivity index (χ1) is 11.8. The van der Waals surface area contributed by atoms with Crippen LogP contribution < -0.4 is 10.0 Å². The minimum atomic E-state index is -3.42. The SMILES string of the molecule is CNS(=O)(=O)c1ccc(C(C)NC[C@]2(CO)COC[C@@H](C)N2C)cc1. The fraction of sp³-hybridized carbons (Fsp3) is 0.647. The maximum atomic E-state index is 11.8. The number of rotatable bonds is 7. The summed E-state index contributed by atoms with van der Waals surface area (Å²) in [5.74, 6) is 0. The topological polar surface area (TPSA) is 90.9 Å². The van der Waals surface area contributed by atoms with Crippen LogP contribution in [0.1, 0.15) is 25.5 Å². The van der Waals surface area contributed by atoms with Crippen LogP contribution in [0.25, 0.3) is 0 Å². The predicted molar refractivity (Wildman–Crippen MR) is 97.0 cm³/mol. The summed E-state index contributed by atoms with van der Waals surface area (Å²) < 4.78 is 31.5. The van der Waals surface area contributed by atoms with Crippen LogP contribution in [0.4, 0.5) is 0 Å². The zero-order chi connectivity index (χ0) is 18.7. The summed E-state index contributed by atoms with van der Waals surface area (Å²) in [5, 5.41) is 13.4. The molecule has 3 atom stereocenters. The molecule has 1 aliphatic rings. The van der Waals surface area contributed by atoms with Crippen molar-refractivity contribution in [2.24, 2.45) is 0 Å². The number of nitrogens with zero attached hydrogens (tertiary/aromatic N) is 1. The van der Waals surface area contributed by atoms with Gasteiger partial charge in [0.1, 0.15) is 0 Å². The summed E-state index contributed by atoms with van der Waals surface area (Å²) in [6.07, 6.45) is 0. The van der Waals surface area contributed by atoms with Crippen molar-refractivity contribution in [1.82, 2.24) is 14.9 Å². The molecular weight excluding hydrogens is 342 g/mol. The van der Waals surface area contributed by atoms with Crippen LogP contribution in [0, 0.1) is 0 Å². The maximum Gasteiger partial charge on any atom is 0.240 e. The minimum absolute atomic E-state index is 0.00686. The first kappa shape index (κ1) is 20.3. The third-order valence-electron chi connectivity index (χ3n) is 5.13. The lowest BCUT2D eigenvalue weighted by atomic mass is 9.95. The van der Waals surface area contributed by atoms with Crippen LogP contribution in [-0.4, -0.2) is 70.5 Å². The molecule has 1 saturated heterocycles. The molecule has 0 bridgehead atoms. The lowest BCUT2D eigenvalue weighted by molar-refractivity contribution is -0.106. The molecule has 0 amide bonds. The van der Waals surface area contributed by atoms with Crippen LogP contribution in [0.5, 0.6) is 0 Å². The summed E-state index contributed by atoms with van der Waals surface area (Å²) in [4.78, 5) is 2.41. The molecule has 1 fully saturated rings. The number of hydrogen-bond donors (Lipinski definition) is 3. The number of sulfonamides is 1. The van der Waals surface area contributed by atoms with Gasteiger partial charge in [-0.05, 0) is 45.6 Å². The second-order valence-corrected chi connectivity index (χ2v) is 8.62. The van der Waals surface area contributed by atoms with E-state index in [0.717, 1.165) is 5.56 Å². The highest BCUT2D eigenvalue weighted by atomic mass is 32.2. The Morgan fingerprint density at radius 1 is 1.40 bits per heavy atom. The Labute approximate surface area is 150 Å². The number of hydrogen-bond acceptors (Lipinski definition) is 6. The summed E-state index contributed by atoms with van der Waals surface area (Å²) >= 11 is 0. The van der Waals surface area contributed by atoms with Gasteiger partial charge in [-0.2, -0.15) is 0 Å². The maximum absolute atomic E-state index is 11.8. The third kappa shape index (κ3) is 4.39. The average Bonchev–Trinajstić information content (AvgIpc) is 2.63. The van der Waals surface area contributed by atoms with Gasteiger partial charge < -0.3 is 15.2 Å². The molecule has 0 spiro atoms. The van der Waals surface area contributed by atoms with E-state index >= 15 is 0 Å². The fourth-order valence-electron chi connectivity index (χ4n) is 3.00. The molecule has 1 heterocycles. The van der Waals surface area contributed by atoms with Crippen molar-refractivity contribution in [3.05, 3.63) is 29.8 Å². The Bertz CT molecular complexity index is 665. The first-order valence-corrected chi connectivity index (χ1v) is 9.92. The van der Waals surface area contributed by atoms with Gasteiger partial charge in [-0.15, -0.1) is 0 Å². The molecule has 7 nitrogen and oxygen atoms in total. The van der Waals surface area contributed by atoms with Gasteiger partial charge in [0.05, 0.1) is 30.3 Å². The van der Waals surface area contributed by atoms with Crippen molar-refractivity contribution < 1.29 is 18.3 Å². The Kier molecular flexibility index (Phi) is 6.58. The van der Waals surface area contributed by atoms with Gasteiger partial charge in [0.25, 0.3) is 0 Å². The van der Waals surface area contributed by atoms with E-state index in [1.807, 2.05) is 14.0 Å². The van der Waals surface area contributed by atoms with Crippen molar-refractivity contribution >= 4 is 10.0 Å². The van der Waals surface area contributed by atoms with Crippen LogP contribution in [0.2, 0.25) is 0 Å². The van der Waals surface area contributed by atoms with Crippen LogP contribution in [0.15, 0.2) is 29.2 Å². The molecule has 8 heteroatoms. The van der Waals surface area contributed by atoms with Gasteiger partial charge >= 0.3 is 0 Å². The number of aliphatic hydroxyl groups is 1. The quantitative estimate of drug-likeness (QED) is 0.640. The van der Waals surface area contributed by atoms with E-state index in [1.165, 1.54) is 7.05 Å². The summed E-state index contributed by atoms with van der Waals surface area (Å²) in [7, 11) is -0.0225. The van der Waals surface area contributed by atoms with Gasteiger partial charge in [0, 0.05) is 18.6 Å². The monoisotopic (exact) mass is 371 g/mol. The normalized spacial score (nSPS) is 26.5. The molecule has 1 aromatic carbocycles. The molecule has 0 saturated carbocycles. The fourth-order valence-corrected chi connectivity index (χ4v) is 3.73. The second kappa shape index (κ2) is 8.11. The second-order valence-electron chi connectivity index (χ2n) is 6.74. The lowest BCUT2D eigenvalue weighted by Gasteiger charge is -2.47. The predicted octanol–water partition coefficient (Wildman–Crippen LogP) is 0.327. The minimum Gasteiger partial charge on any atom is -0.394 e. The molecule has 0 aromatic heterocycles. The highest BCUT2D eigenvalue weighted by Gasteiger charge is 2.40. The van der Waals surface area contributed by atoms with Crippen LogP contribution in [0.3, 0.4) is 0 Å². The van der Waals surface area contributed by atoms with Crippen LogP contribution in [-0.2, 0) is 14.8 Å². The Balaban J connectivity index is 2.05. The highest BCUT2D eigenvalue weighted by molar-refractivity contribution is 7.89. The molecule has 25 heavy (non-hydrogen) atoms. The smallest absolute Gasteiger partial charge is 0.240 e. The number of likely N-dealkylation sites (N-methyl/N-ethyl adjacent to an activating group) is 1. The third-order valence-corrected chi connectivity index (χ3v) is 6.56. The van der Waals surface area contributed by atoms with E-state index in [9.17, 15) is 13.5 Å². The van der Waals surface area contributed by atoms with E-state index < -0.39 is 15.6 Å². The highest BCUT2D eigenvalue weighted by Crippen LogP contribution is 2.23. The average molecular weight is 372 g/mol. The van der Waals surface area contributed by atoms with Crippen LogP contribution >= 0.6 is 0 Å². The Morgan fingerprint density at radius 2 is 2.04 bits per heavy atom. The van der Waals surface area contributed by atoms with E-state index in [4.69, 9.17) is 4.74 Å². The molecule has 1 unspecified atom stereocenters. The molecule has 1 aliphatic heterocycles. The molecule has 2 rings (SSSR count). The first-order valence-electron chi connectivity index (χ1n) is 8.44. The molecule has 142 valence electrons. The number of morpholine rings is 1. The summed E-state index contributed by atoms with van der Waals surface area (Å²) in [6.45, 7) is 5.81. The zero-order valence-electron chi connectivity index (χ0n) is 15.3. The number of nitrogens with one attached hydrogen (secondary N) is 2. The van der Waals surface area contributed by atoms with Gasteiger partial charge in [-0.1, -0.05) is 12.1 Å². The van der Waals surface area contributed by atoms with E-state index in [2.05, 4.69) is 21.9 Å². The van der Waals surface area contributed by atoms with E-state index in [1.54, 1.807) is 24.3 Å². The van der Waals surface area contributed by atoms with Gasteiger partial charge in [-0.3, -0.25) is 4.90 Å². The number of benzene rings is 1. The van der Waals surface area contributed by atoms with Crippen molar-refractivity contribution in [2.75, 3.05) is 40.5 Å². The van der Waals surface area contributed by atoms with Crippen molar-refractivity contribution in [1.29, 1.82) is 0 Å². The standard InChI is InChI=1S/C17H29N3O4S/c1-13-9-24-12-17(11-21,20(13)4)10-19-14(2)15-5-7-16(8-6-15)25(22,23)18-3/h5-8,13-14,18-19,21H,9-12H2,1-4H3/t13-,14?,17+/m1/s1. The van der Waals surface area contributed by atoms with Crippen molar-refractivity contribution in [2.45, 2.75) is 36.4 Å². The van der Waals surface area contributed by atoms with Gasteiger partial charge in [0.2, 0.25) is 10.0 Å². The Hall–Kier alpha value is -1.03. The van der Waals surface area contributed by atoms with Gasteiger partial charge in [-0.25, -0.2) is 13.1 Å². The van der Waals surface area contributed by atoms with Crippen molar-refractivity contribution in [3.8, 4) is 0 Å². The largest absolute Gasteiger partial charge is 0.394 e. The van der Waals surface area contributed by atoms with Gasteiger partial charge in [0.15, 0.2) is 0 Å². The Morgan fingerprint density at radius 3 is 2.60 bits per heavy atom. The summed E-state index contributed by atoms with van der Waals surface area (Å²) in [6, 6.07) is 7.05. The van der Waals surface area contributed by atoms with E-state index in [-0.39, 0.29) is 23.6 Å². The molecular formula is C17H29N3O4S.